The van der Waals surface area contributed by atoms with Gasteiger partial charge in [0.15, 0.2) is 11.3 Å². The van der Waals surface area contributed by atoms with Crippen LogP contribution >= 0.6 is 34.2 Å². The van der Waals surface area contributed by atoms with E-state index in [1.165, 1.54) is 10.6 Å². The summed E-state index contributed by atoms with van der Waals surface area (Å²) >= 11 is 7.94. The Labute approximate surface area is 103 Å². The van der Waals surface area contributed by atoms with Gasteiger partial charge in [-0.3, -0.25) is 0 Å². The Hall–Kier alpha value is -0.890. The maximum atomic E-state index is 10.8. The van der Waals surface area contributed by atoms with Crippen molar-refractivity contribution in [3.05, 3.63) is 26.2 Å². The minimum absolute atomic E-state index is 0.0784. The van der Waals surface area contributed by atoms with Gasteiger partial charge in [-0.05, 0) is 29.5 Å². The Morgan fingerprint density at radius 1 is 1.67 bits per heavy atom. The van der Waals surface area contributed by atoms with Crippen LogP contribution in [0, 0.1) is 10.5 Å². The minimum Gasteiger partial charge on any atom is -0.477 e. The van der Waals surface area contributed by atoms with Gasteiger partial charge < -0.3 is 5.11 Å². The molecule has 2 rings (SSSR count). The lowest BCUT2D eigenvalue weighted by Crippen LogP contribution is -2.03. The SMILES string of the molecule is Cc1nn2c(Cl)cc(C(=O)O)nc2c1I. The van der Waals surface area contributed by atoms with Gasteiger partial charge in [-0.15, -0.1) is 0 Å². The molecule has 2 aromatic rings. The zero-order valence-electron chi connectivity index (χ0n) is 7.53. The summed E-state index contributed by atoms with van der Waals surface area (Å²) in [5, 5.41) is 13.2. The third-order valence-electron chi connectivity index (χ3n) is 1.87. The zero-order valence-corrected chi connectivity index (χ0v) is 10.4. The second-order valence-electron chi connectivity index (χ2n) is 2.90. The van der Waals surface area contributed by atoms with Gasteiger partial charge in [0.1, 0.15) is 5.15 Å². The second kappa shape index (κ2) is 3.60. The van der Waals surface area contributed by atoms with E-state index in [0.717, 1.165) is 9.26 Å². The molecule has 0 aliphatic heterocycles. The van der Waals surface area contributed by atoms with Crippen molar-refractivity contribution in [2.75, 3.05) is 0 Å². The lowest BCUT2D eigenvalue weighted by molar-refractivity contribution is 0.0690. The predicted octanol–water partition coefficient (Wildman–Crippen LogP) is 1.99. The van der Waals surface area contributed by atoms with Gasteiger partial charge >= 0.3 is 5.97 Å². The van der Waals surface area contributed by atoms with Gasteiger partial charge in [-0.1, -0.05) is 11.6 Å². The molecule has 0 aliphatic rings. The molecule has 0 aromatic carbocycles. The summed E-state index contributed by atoms with van der Waals surface area (Å²) < 4.78 is 2.23. The number of fused-ring (bicyclic) bond motifs is 1. The van der Waals surface area contributed by atoms with Crippen LogP contribution < -0.4 is 0 Å². The normalized spacial score (nSPS) is 10.9. The first-order valence-electron chi connectivity index (χ1n) is 3.95. The number of hydrogen-bond acceptors (Lipinski definition) is 3. The van der Waals surface area contributed by atoms with E-state index < -0.39 is 5.97 Å². The molecule has 0 saturated heterocycles. The summed E-state index contributed by atoms with van der Waals surface area (Å²) in [5.74, 6) is -1.10. The molecule has 5 nitrogen and oxygen atoms in total. The smallest absolute Gasteiger partial charge is 0.354 e. The number of aryl methyl sites for hydroxylation is 1. The van der Waals surface area contributed by atoms with Gasteiger partial charge in [0.05, 0.1) is 9.26 Å². The fourth-order valence-electron chi connectivity index (χ4n) is 1.17. The first kappa shape index (κ1) is 10.6. The van der Waals surface area contributed by atoms with Gasteiger partial charge in [0.2, 0.25) is 0 Å². The van der Waals surface area contributed by atoms with Crippen molar-refractivity contribution in [3.63, 3.8) is 0 Å². The molecular weight excluding hydrogens is 332 g/mol. The lowest BCUT2D eigenvalue weighted by Gasteiger charge is -1.98. The van der Waals surface area contributed by atoms with Crippen LogP contribution in [0.15, 0.2) is 6.07 Å². The molecular formula is C8H5ClIN3O2. The van der Waals surface area contributed by atoms with E-state index in [4.69, 9.17) is 16.7 Å². The summed E-state index contributed by atoms with van der Waals surface area (Å²) in [6.45, 7) is 1.81. The number of aromatic nitrogens is 3. The fraction of sp³-hybridized carbons (Fsp3) is 0.125. The highest BCUT2D eigenvalue weighted by molar-refractivity contribution is 14.1. The van der Waals surface area contributed by atoms with Gasteiger partial charge in [-0.2, -0.15) is 5.10 Å². The molecule has 0 saturated carbocycles. The average molecular weight is 338 g/mol. The van der Waals surface area contributed by atoms with Crippen molar-refractivity contribution in [1.29, 1.82) is 0 Å². The molecule has 15 heavy (non-hydrogen) atoms. The van der Waals surface area contributed by atoms with E-state index in [-0.39, 0.29) is 10.8 Å². The maximum absolute atomic E-state index is 10.8. The van der Waals surface area contributed by atoms with E-state index >= 15 is 0 Å². The van der Waals surface area contributed by atoms with Crippen LogP contribution in [0.3, 0.4) is 0 Å². The maximum Gasteiger partial charge on any atom is 0.354 e. The monoisotopic (exact) mass is 337 g/mol. The van der Waals surface area contributed by atoms with Crippen molar-refractivity contribution in [3.8, 4) is 0 Å². The Kier molecular flexibility index (Phi) is 2.55. The zero-order chi connectivity index (χ0) is 11.2. The van der Waals surface area contributed by atoms with E-state index in [9.17, 15) is 4.79 Å². The number of carbonyl (C=O) groups is 1. The Morgan fingerprint density at radius 3 is 2.93 bits per heavy atom. The van der Waals surface area contributed by atoms with E-state index in [1.807, 2.05) is 6.92 Å². The van der Waals surface area contributed by atoms with Crippen LogP contribution in [-0.4, -0.2) is 25.7 Å². The van der Waals surface area contributed by atoms with Gasteiger partial charge in [0, 0.05) is 6.07 Å². The van der Waals surface area contributed by atoms with Crippen LogP contribution in [0.4, 0.5) is 0 Å². The van der Waals surface area contributed by atoms with E-state index in [0.29, 0.717) is 5.65 Å². The molecule has 0 bridgehead atoms. The Bertz CT molecular complexity index is 567. The van der Waals surface area contributed by atoms with Gasteiger partial charge in [-0.25, -0.2) is 14.3 Å². The topological polar surface area (TPSA) is 67.5 Å². The molecule has 0 atom stereocenters. The van der Waals surface area contributed by atoms with E-state index in [1.54, 1.807) is 0 Å². The molecule has 0 radical (unpaired) electrons. The van der Waals surface area contributed by atoms with Crippen molar-refractivity contribution in [1.82, 2.24) is 14.6 Å². The molecule has 1 N–H and O–H groups in total. The van der Waals surface area contributed by atoms with Crippen LogP contribution in [0.25, 0.3) is 5.65 Å². The number of halogens is 2. The summed E-state index contributed by atoms with van der Waals surface area (Å²) in [4.78, 5) is 14.7. The number of carboxylic acids is 1. The summed E-state index contributed by atoms with van der Waals surface area (Å²) in [6.07, 6.45) is 0. The van der Waals surface area contributed by atoms with Crippen LogP contribution in [0.2, 0.25) is 5.15 Å². The predicted molar refractivity (Wildman–Crippen MR) is 62.4 cm³/mol. The standard InChI is InChI=1S/C8H5ClIN3O2/c1-3-6(10)7-11-4(8(14)15)2-5(9)13(7)12-3/h2H,1H3,(H,14,15). The molecule has 0 aliphatic carbocycles. The third kappa shape index (κ3) is 1.67. The van der Waals surface area contributed by atoms with E-state index in [2.05, 4.69) is 32.7 Å². The number of rotatable bonds is 1. The number of carboxylic acid groups (broad SMARTS) is 1. The number of hydrogen-bond donors (Lipinski definition) is 1. The van der Waals surface area contributed by atoms with Crippen LogP contribution in [0.5, 0.6) is 0 Å². The average Bonchev–Trinajstić information content (AvgIpc) is 2.45. The lowest BCUT2D eigenvalue weighted by atomic mass is 10.4. The van der Waals surface area contributed by atoms with Crippen LogP contribution in [-0.2, 0) is 0 Å². The third-order valence-corrected chi connectivity index (χ3v) is 3.40. The first-order valence-corrected chi connectivity index (χ1v) is 5.41. The highest BCUT2D eigenvalue weighted by Gasteiger charge is 2.14. The molecule has 7 heteroatoms. The number of nitrogens with zero attached hydrogens (tertiary/aromatic N) is 3. The van der Waals surface area contributed by atoms with Crippen molar-refractivity contribution < 1.29 is 9.90 Å². The second-order valence-corrected chi connectivity index (χ2v) is 4.37. The molecule has 2 aromatic heterocycles. The molecule has 0 unspecified atom stereocenters. The highest BCUT2D eigenvalue weighted by Crippen LogP contribution is 2.20. The molecule has 78 valence electrons. The summed E-state index contributed by atoms with van der Waals surface area (Å²) in [6, 6.07) is 1.28. The highest BCUT2D eigenvalue weighted by atomic mass is 127. The minimum atomic E-state index is -1.10. The quantitative estimate of drug-likeness (QED) is 0.638. The van der Waals surface area contributed by atoms with Gasteiger partial charge in [0.25, 0.3) is 0 Å². The molecule has 2 heterocycles. The first-order chi connectivity index (χ1) is 7.00. The summed E-state index contributed by atoms with van der Waals surface area (Å²) in [5.41, 5.74) is 1.16. The Morgan fingerprint density at radius 2 is 2.33 bits per heavy atom. The fourth-order valence-corrected chi connectivity index (χ4v) is 1.85. The molecule has 0 amide bonds. The largest absolute Gasteiger partial charge is 0.477 e. The van der Waals surface area contributed by atoms with Crippen LogP contribution in [0.1, 0.15) is 16.2 Å². The molecule has 0 fully saturated rings. The molecule has 0 spiro atoms. The van der Waals surface area contributed by atoms with Crippen molar-refractivity contribution in [2.45, 2.75) is 6.92 Å². The Balaban J connectivity index is 2.85. The summed E-state index contributed by atoms with van der Waals surface area (Å²) in [7, 11) is 0. The number of aromatic carboxylic acids is 1. The van der Waals surface area contributed by atoms with Crippen molar-refractivity contribution in [2.24, 2.45) is 0 Å². The van der Waals surface area contributed by atoms with Crippen molar-refractivity contribution >= 4 is 45.8 Å².